The first-order valence-electron chi connectivity index (χ1n) is 8.27. The minimum atomic E-state index is -0.390. The van der Waals surface area contributed by atoms with Crippen LogP contribution in [0.3, 0.4) is 0 Å². The van der Waals surface area contributed by atoms with Gasteiger partial charge in [0.2, 0.25) is 0 Å². The van der Waals surface area contributed by atoms with Gasteiger partial charge in [-0.25, -0.2) is 4.79 Å². The van der Waals surface area contributed by atoms with E-state index in [1.54, 1.807) is 24.3 Å². The summed E-state index contributed by atoms with van der Waals surface area (Å²) in [6, 6.07) is 12.2. The minimum absolute atomic E-state index is 0. The topological polar surface area (TPSA) is 96.2 Å². The molecule has 0 bridgehead atoms. The predicted molar refractivity (Wildman–Crippen MR) is 110 cm³/mol. The number of benzene rings is 1. The van der Waals surface area contributed by atoms with Gasteiger partial charge in [-0.2, -0.15) is 0 Å². The van der Waals surface area contributed by atoms with Crippen molar-refractivity contribution in [2.45, 2.75) is 32.2 Å². The van der Waals surface area contributed by atoms with Gasteiger partial charge in [0.05, 0.1) is 15.4 Å². The zero-order chi connectivity index (χ0) is 18.3. The van der Waals surface area contributed by atoms with Crippen molar-refractivity contribution in [2.24, 2.45) is 5.73 Å². The first-order valence-corrected chi connectivity index (χ1v) is 9.09. The lowest BCUT2D eigenvalue weighted by Crippen LogP contribution is -2.52. The van der Waals surface area contributed by atoms with E-state index in [0.29, 0.717) is 22.1 Å². The average molecular weight is 397 g/mol. The van der Waals surface area contributed by atoms with Crippen LogP contribution in [0.5, 0.6) is 0 Å². The second-order valence-corrected chi connectivity index (χ2v) is 6.84. The van der Waals surface area contributed by atoms with Crippen molar-refractivity contribution in [2.75, 3.05) is 17.2 Å². The molecule has 5 N–H and O–H groups in total. The normalized spacial score (nSPS) is 10.6. The van der Waals surface area contributed by atoms with E-state index in [1.165, 1.54) is 11.3 Å². The first-order chi connectivity index (χ1) is 12.0. The third kappa shape index (κ3) is 5.72. The second kappa shape index (κ2) is 10.2. The van der Waals surface area contributed by atoms with Gasteiger partial charge in [0.1, 0.15) is 0 Å². The lowest BCUT2D eigenvalue weighted by molar-refractivity contribution is 0.0899. The van der Waals surface area contributed by atoms with Crippen LogP contribution in [0.15, 0.2) is 42.5 Å². The molecule has 26 heavy (non-hydrogen) atoms. The maximum absolute atomic E-state index is 12.4. The number of carbonyl (C=O) groups excluding carboxylic acids is 2. The number of hydrogen-bond acceptors (Lipinski definition) is 4. The first kappa shape index (κ1) is 22.0. The summed E-state index contributed by atoms with van der Waals surface area (Å²) < 4.78 is 0. The van der Waals surface area contributed by atoms with Crippen molar-refractivity contribution in [1.29, 1.82) is 0 Å². The van der Waals surface area contributed by atoms with Crippen molar-refractivity contribution < 1.29 is 9.59 Å². The Morgan fingerprint density at radius 1 is 1.04 bits per heavy atom. The van der Waals surface area contributed by atoms with Crippen molar-refractivity contribution in [3.8, 4) is 0 Å². The highest BCUT2D eigenvalue weighted by Crippen LogP contribution is 2.23. The Morgan fingerprint density at radius 2 is 1.69 bits per heavy atom. The molecule has 0 aliphatic carbocycles. The lowest BCUT2D eigenvalue weighted by atomic mass is 9.93. The third-order valence-electron chi connectivity index (χ3n) is 4.22. The number of nitrogens with two attached hydrogens (primary N) is 1. The molecule has 0 fully saturated rings. The molecule has 0 atom stereocenters. The van der Waals surface area contributed by atoms with Crippen molar-refractivity contribution in [1.82, 2.24) is 5.32 Å². The number of nitrogens with one attached hydrogen (secondary N) is 3. The number of amides is 3. The van der Waals surface area contributed by atoms with Crippen LogP contribution < -0.4 is 21.7 Å². The molecule has 1 aromatic carbocycles. The van der Waals surface area contributed by atoms with E-state index >= 15 is 0 Å². The maximum atomic E-state index is 12.4. The number of para-hydroxylation sites is 1. The Morgan fingerprint density at radius 3 is 2.27 bits per heavy atom. The van der Waals surface area contributed by atoms with Gasteiger partial charge >= 0.3 is 6.03 Å². The summed E-state index contributed by atoms with van der Waals surface area (Å²) in [6.07, 6.45) is 1.53. The van der Waals surface area contributed by atoms with Gasteiger partial charge in [0, 0.05) is 12.2 Å². The van der Waals surface area contributed by atoms with Gasteiger partial charge in [-0.3, -0.25) is 10.1 Å². The van der Waals surface area contributed by atoms with Gasteiger partial charge in [0.25, 0.3) is 5.91 Å². The number of hydrogen-bond donors (Lipinski definition) is 4. The van der Waals surface area contributed by atoms with Gasteiger partial charge in [-0.15, -0.1) is 23.7 Å². The molecular formula is C18H25ClN4O2S. The fourth-order valence-corrected chi connectivity index (χ4v) is 3.19. The minimum Gasteiger partial charge on any atom is -0.345 e. The molecule has 2 rings (SSSR count). The number of anilines is 2. The Balaban J connectivity index is 0.00000338. The van der Waals surface area contributed by atoms with Crippen LogP contribution in [0.2, 0.25) is 0 Å². The molecule has 0 saturated heterocycles. The van der Waals surface area contributed by atoms with E-state index in [4.69, 9.17) is 5.73 Å². The summed E-state index contributed by atoms with van der Waals surface area (Å²) in [5.74, 6) is -0.171. The summed E-state index contributed by atoms with van der Waals surface area (Å²) in [5, 5.41) is 9.09. The summed E-state index contributed by atoms with van der Waals surface area (Å²) in [6.45, 7) is 4.40. The zero-order valence-corrected chi connectivity index (χ0v) is 16.5. The SMILES string of the molecule is CCC(CC)(CN)NC(=O)c1ccc(NC(=O)Nc2ccccc2)s1.Cl. The molecule has 0 aliphatic rings. The molecule has 3 amide bonds. The number of rotatable bonds is 7. The molecule has 1 aromatic heterocycles. The third-order valence-corrected chi connectivity index (χ3v) is 5.22. The quantitative estimate of drug-likeness (QED) is 0.568. The summed E-state index contributed by atoms with van der Waals surface area (Å²) in [4.78, 5) is 25.0. The molecular weight excluding hydrogens is 372 g/mol. The Hall–Kier alpha value is -2.09. The smallest absolute Gasteiger partial charge is 0.324 e. The molecule has 2 aromatic rings. The van der Waals surface area contributed by atoms with Crippen LogP contribution in [-0.2, 0) is 0 Å². The van der Waals surface area contributed by atoms with Crippen molar-refractivity contribution in [3.05, 3.63) is 47.3 Å². The van der Waals surface area contributed by atoms with Crippen LogP contribution in [0.25, 0.3) is 0 Å². The van der Waals surface area contributed by atoms with Crippen LogP contribution in [0, 0.1) is 0 Å². The fraction of sp³-hybridized carbons (Fsp3) is 0.333. The van der Waals surface area contributed by atoms with E-state index in [9.17, 15) is 9.59 Å². The average Bonchev–Trinajstić information content (AvgIpc) is 3.09. The van der Waals surface area contributed by atoms with Gasteiger partial charge in [-0.1, -0.05) is 32.0 Å². The number of urea groups is 1. The molecule has 0 radical (unpaired) electrons. The molecule has 0 unspecified atom stereocenters. The summed E-state index contributed by atoms with van der Waals surface area (Å²) >= 11 is 1.23. The molecule has 0 spiro atoms. The van der Waals surface area contributed by atoms with E-state index < -0.39 is 0 Å². The highest BCUT2D eigenvalue weighted by molar-refractivity contribution is 7.18. The molecule has 0 aliphatic heterocycles. The van der Waals surface area contributed by atoms with E-state index in [0.717, 1.165) is 12.8 Å². The number of halogens is 1. The molecule has 8 heteroatoms. The standard InChI is InChI=1S/C18H24N4O2S.ClH/c1-3-18(4-2,12-19)22-16(23)14-10-11-15(25-14)21-17(24)20-13-8-6-5-7-9-13;/h5-11H,3-4,12,19H2,1-2H3,(H,22,23)(H2,20,21,24);1H. The van der Waals surface area contributed by atoms with Gasteiger partial charge in [0.15, 0.2) is 0 Å². The molecule has 142 valence electrons. The molecule has 0 saturated carbocycles. The summed E-state index contributed by atoms with van der Waals surface area (Å²) in [7, 11) is 0. The second-order valence-electron chi connectivity index (χ2n) is 5.75. The van der Waals surface area contributed by atoms with Gasteiger partial charge in [-0.05, 0) is 37.1 Å². The van der Waals surface area contributed by atoms with Crippen LogP contribution in [0.4, 0.5) is 15.5 Å². The van der Waals surface area contributed by atoms with Crippen molar-refractivity contribution in [3.63, 3.8) is 0 Å². The number of carbonyl (C=O) groups is 2. The molecule has 6 nitrogen and oxygen atoms in total. The van der Waals surface area contributed by atoms with Crippen LogP contribution >= 0.6 is 23.7 Å². The van der Waals surface area contributed by atoms with Crippen LogP contribution in [0.1, 0.15) is 36.4 Å². The van der Waals surface area contributed by atoms with E-state index in [2.05, 4.69) is 16.0 Å². The van der Waals surface area contributed by atoms with Crippen LogP contribution in [-0.4, -0.2) is 24.0 Å². The van der Waals surface area contributed by atoms with E-state index in [-0.39, 0.29) is 29.9 Å². The van der Waals surface area contributed by atoms with Gasteiger partial charge < -0.3 is 16.4 Å². The summed E-state index contributed by atoms with van der Waals surface area (Å²) in [5.41, 5.74) is 6.14. The van der Waals surface area contributed by atoms with Crippen molar-refractivity contribution >= 4 is 46.4 Å². The Labute approximate surface area is 164 Å². The Kier molecular flexibility index (Phi) is 8.57. The zero-order valence-electron chi connectivity index (χ0n) is 14.9. The highest BCUT2D eigenvalue weighted by Gasteiger charge is 2.27. The number of thiophene rings is 1. The predicted octanol–water partition coefficient (Wildman–Crippen LogP) is 4.06. The Bertz CT molecular complexity index is 709. The monoisotopic (exact) mass is 396 g/mol. The fourth-order valence-electron chi connectivity index (χ4n) is 2.39. The lowest BCUT2D eigenvalue weighted by Gasteiger charge is -2.31. The maximum Gasteiger partial charge on any atom is 0.324 e. The highest BCUT2D eigenvalue weighted by atomic mass is 35.5. The largest absolute Gasteiger partial charge is 0.345 e. The molecule has 1 heterocycles. The van der Waals surface area contributed by atoms with E-state index in [1.807, 2.05) is 32.0 Å².